The summed E-state index contributed by atoms with van der Waals surface area (Å²) in [5, 5.41) is 15.8. The Morgan fingerprint density at radius 3 is 2.71 bits per heavy atom. The number of hydrogen-bond acceptors (Lipinski definition) is 6. The Morgan fingerprint density at radius 2 is 2.00 bits per heavy atom. The van der Waals surface area contributed by atoms with Crippen LogP contribution in [0, 0.1) is 0 Å². The van der Waals surface area contributed by atoms with E-state index in [9.17, 15) is 9.90 Å². The van der Waals surface area contributed by atoms with Gasteiger partial charge < -0.3 is 24.2 Å². The lowest BCUT2D eigenvalue weighted by atomic mass is 10.2. The number of benzene rings is 1. The fraction of sp³-hybridized carbons (Fsp3) is 0.438. The van der Waals surface area contributed by atoms with Gasteiger partial charge in [0, 0.05) is 31.8 Å². The highest BCUT2D eigenvalue weighted by atomic mass is 16.6. The molecular formula is C16H20N4O4. The lowest BCUT2D eigenvalue weighted by molar-refractivity contribution is -0.672. The lowest BCUT2D eigenvalue weighted by Gasteiger charge is -2.18. The SMILES string of the molecule is COc1ccc(-[n+]2noc([O-])c2C(=O)N2CCCN(C)CC2)cc1. The molecule has 0 radical (unpaired) electrons. The lowest BCUT2D eigenvalue weighted by Crippen LogP contribution is -2.45. The molecule has 0 atom stereocenters. The molecule has 24 heavy (non-hydrogen) atoms. The largest absolute Gasteiger partial charge is 0.538 e. The topological polar surface area (TPSA) is 85.8 Å². The fourth-order valence-corrected chi connectivity index (χ4v) is 2.73. The van der Waals surface area contributed by atoms with Gasteiger partial charge in [0.1, 0.15) is 5.75 Å². The summed E-state index contributed by atoms with van der Waals surface area (Å²) >= 11 is 0. The van der Waals surface area contributed by atoms with E-state index >= 15 is 0 Å². The van der Waals surface area contributed by atoms with Crippen molar-refractivity contribution in [2.45, 2.75) is 6.42 Å². The molecule has 0 unspecified atom stereocenters. The molecular weight excluding hydrogens is 312 g/mol. The average Bonchev–Trinajstić information content (AvgIpc) is 2.84. The van der Waals surface area contributed by atoms with Gasteiger partial charge in [-0.15, -0.1) is 0 Å². The van der Waals surface area contributed by atoms with Crippen LogP contribution in [0.4, 0.5) is 0 Å². The van der Waals surface area contributed by atoms with Crippen molar-refractivity contribution in [3.8, 4) is 17.4 Å². The zero-order valence-electron chi connectivity index (χ0n) is 13.8. The van der Waals surface area contributed by atoms with E-state index in [-0.39, 0.29) is 11.6 Å². The van der Waals surface area contributed by atoms with Gasteiger partial charge in [-0.25, -0.2) is 0 Å². The predicted octanol–water partition coefficient (Wildman–Crippen LogP) is -0.189. The Hall–Kier alpha value is -2.61. The Bertz CT molecular complexity index is 713. The number of ether oxygens (including phenoxy) is 1. The zero-order chi connectivity index (χ0) is 17.1. The van der Waals surface area contributed by atoms with Gasteiger partial charge in [0.25, 0.3) is 0 Å². The van der Waals surface area contributed by atoms with E-state index in [0.717, 1.165) is 19.5 Å². The maximum atomic E-state index is 12.8. The van der Waals surface area contributed by atoms with Crippen LogP contribution in [0.5, 0.6) is 11.7 Å². The first-order valence-corrected chi connectivity index (χ1v) is 7.81. The monoisotopic (exact) mass is 332 g/mol. The molecule has 1 saturated heterocycles. The maximum absolute atomic E-state index is 12.8. The average molecular weight is 332 g/mol. The first-order chi connectivity index (χ1) is 11.6. The van der Waals surface area contributed by atoms with Crippen molar-refractivity contribution >= 4 is 5.91 Å². The normalized spacial score (nSPS) is 16.0. The minimum Gasteiger partial charge on any atom is -0.538 e. The first kappa shape index (κ1) is 16.3. The molecule has 1 fully saturated rings. The van der Waals surface area contributed by atoms with E-state index in [4.69, 9.17) is 9.26 Å². The third kappa shape index (κ3) is 3.18. The summed E-state index contributed by atoms with van der Waals surface area (Å²) in [7, 11) is 3.59. The molecule has 1 aliphatic rings. The van der Waals surface area contributed by atoms with E-state index in [1.807, 2.05) is 7.05 Å². The molecule has 0 saturated carbocycles. The summed E-state index contributed by atoms with van der Waals surface area (Å²) in [5.41, 5.74) is 0.488. The van der Waals surface area contributed by atoms with Gasteiger partial charge in [-0.1, -0.05) is 0 Å². The van der Waals surface area contributed by atoms with Gasteiger partial charge in [0.05, 0.1) is 12.4 Å². The molecule has 1 aromatic carbocycles. The molecule has 3 rings (SSSR count). The van der Waals surface area contributed by atoms with Gasteiger partial charge in [0.2, 0.25) is 5.69 Å². The minimum atomic E-state index is -0.728. The summed E-state index contributed by atoms with van der Waals surface area (Å²) < 4.78 is 11.1. The van der Waals surface area contributed by atoms with Crippen molar-refractivity contribution in [2.75, 3.05) is 40.3 Å². The Balaban J connectivity index is 1.90. The van der Waals surface area contributed by atoms with E-state index in [0.29, 0.717) is 24.5 Å². The molecule has 8 heteroatoms. The van der Waals surface area contributed by atoms with Crippen molar-refractivity contribution in [3.05, 3.63) is 30.0 Å². The number of carbonyl (C=O) groups excluding carboxylic acids is 1. The molecule has 1 aliphatic heterocycles. The van der Waals surface area contributed by atoms with Crippen molar-refractivity contribution in [1.82, 2.24) is 15.1 Å². The highest BCUT2D eigenvalue weighted by Gasteiger charge is 2.32. The number of carbonyl (C=O) groups is 1. The van der Waals surface area contributed by atoms with E-state index < -0.39 is 5.95 Å². The Morgan fingerprint density at radius 1 is 1.25 bits per heavy atom. The molecule has 2 aromatic rings. The van der Waals surface area contributed by atoms with E-state index in [1.54, 1.807) is 36.3 Å². The van der Waals surface area contributed by atoms with Crippen LogP contribution in [0.15, 0.2) is 28.8 Å². The number of amides is 1. The van der Waals surface area contributed by atoms with Gasteiger partial charge in [-0.3, -0.25) is 4.79 Å². The van der Waals surface area contributed by atoms with E-state index in [2.05, 4.69) is 10.2 Å². The van der Waals surface area contributed by atoms with Crippen LogP contribution in [0.3, 0.4) is 0 Å². The number of rotatable bonds is 3. The van der Waals surface area contributed by atoms with Gasteiger partial charge in [0.15, 0.2) is 5.95 Å². The quantitative estimate of drug-likeness (QED) is 0.724. The van der Waals surface area contributed by atoms with Crippen molar-refractivity contribution < 1.29 is 23.8 Å². The maximum Gasteiger partial charge on any atom is 0.327 e. The van der Waals surface area contributed by atoms with Crippen LogP contribution in [0.25, 0.3) is 5.69 Å². The highest BCUT2D eigenvalue weighted by Crippen LogP contribution is 2.16. The second-order valence-electron chi connectivity index (χ2n) is 5.77. The number of aromatic nitrogens is 2. The Kier molecular flexibility index (Phi) is 4.66. The summed E-state index contributed by atoms with van der Waals surface area (Å²) in [5.74, 6) is -0.408. The summed E-state index contributed by atoms with van der Waals surface area (Å²) in [6.45, 7) is 2.88. The van der Waals surface area contributed by atoms with Crippen LogP contribution in [-0.2, 0) is 0 Å². The summed E-state index contributed by atoms with van der Waals surface area (Å²) in [4.78, 5) is 16.7. The van der Waals surface area contributed by atoms with Crippen molar-refractivity contribution in [3.63, 3.8) is 0 Å². The highest BCUT2D eigenvalue weighted by molar-refractivity contribution is 5.92. The molecule has 0 spiro atoms. The van der Waals surface area contributed by atoms with Gasteiger partial charge in [-0.05, 0) is 36.8 Å². The number of nitrogens with zero attached hydrogens (tertiary/aromatic N) is 4. The second kappa shape index (κ2) is 6.88. The van der Waals surface area contributed by atoms with Crippen LogP contribution >= 0.6 is 0 Å². The third-order valence-corrected chi connectivity index (χ3v) is 4.14. The molecule has 128 valence electrons. The summed E-state index contributed by atoms with van der Waals surface area (Å²) in [6.07, 6.45) is 0.865. The van der Waals surface area contributed by atoms with Crippen LogP contribution in [0.1, 0.15) is 16.9 Å². The molecule has 1 amide bonds. The number of methoxy groups -OCH3 is 1. The van der Waals surface area contributed by atoms with Gasteiger partial charge in [-0.2, -0.15) is 0 Å². The summed E-state index contributed by atoms with van der Waals surface area (Å²) in [6, 6.07) is 6.90. The van der Waals surface area contributed by atoms with Crippen LogP contribution in [0.2, 0.25) is 0 Å². The molecule has 0 aliphatic carbocycles. The minimum absolute atomic E-state index is 0.0790. The van der Waals surface area contributed by atoms with Crippen molar-refractivity contribution in [1.29, 1.82) is 0 Å². The number of hydrogen-bond donors (Lipinski definition) is 0. The molecule has 2 heterocycles. The van der Waals surface area contributed by atoms with E-state index in [1.165, 1.54) is 4.68 Å². The first-order valence-electron chi connectivity index (χ1n) is 7.81. The smallest absolute Gasteiger partial charge is 0.327 e. The zero-order valence-corrected chi connectivity index (χ0v) is 13.8. The Labute approximate surface area is 139 Å². The molecule has 0 bridgehead atoms. The van der Waals surface area contributed by atoms with Crippen molar-refractivity contribution in [2.24, 2.45) is 0 Å². The van der Waals surface area contributed by atoms with Crippen LogP contribution < -0.4 is 14.5 Å². The number of likely N-dealkylation sites (N-methyl/N-ethyl adjacent to an activating group) is 1. The molecule has 0 N–H and O–H groups in total. The van der Waals surface area contributed by atoms with Crippen LogP contribution in [-0.4, -0.2) is 61.3 Å². The fourth-order valence-electron chi connectivity index (χ4n) is 2.73. The molecule has 1 aromatic heterocycles. The predicted molar refractivity (Wildman–Crippen MR) is 82.1 cm³/mol. The standard InChI is InChI=1S/C16H20N4O4/c1-18-8-3-9-19(11-10-18)15(21)14-16(22)24-17-20(14)12-4-6-13(23-2)7-5-12/h4-7H,3,8-11H2,1-2H3. The third-order valence-electron chi connectivity index (χ3n) is 4.14. The van der Waals surface area contributed by atoms with Gasteiger partial charge >= 0.3 is 11.6 Å². The second-order valence-corrected chi connectivity index (χ2v) is 5.77. The molecule has 8 nitrogen and oxygen atoms in total.